The van der Waals surface area contributed by atoms with Gasteiger partial charge in [-0.1, -0.05) is 132 Å². The van der Waals surface area contributed by atoms with E-state index >= 15 is 0 Å². The molecule has 3 N–H and O–H groups in total. The van der Waals surface area contributed by atoms with Crippen LogP contribution >= 0.6 is 7.82 Å². The SMILES string of the molecule is CC/C=C\C/C=C\C/C=C\C/C=C\C/C=C\CCCCCCCC(=O)OCC(O)COP(=O)(O)OCCNC(=O)CCCCCCC/C=C\CCC. The molecular formula is C42H72NO8P. The smallest absolute Gasteiger partial charge is 0.463 e. The van der Waals surface area contributed by atoms with Crippen molar-refractivity contribution in [3.8, 4) is 0 Å². The maximum Gasteiger partial charge on any atom is 0.472 e. The van der Waals surface area contributed by atoms with E-state index in [2.05, 4.69) is 92.1 Å². The number of allylic oxidation sites excluding steroid dienone is 12. The van der Waals surface area contributed by atoms with Crippen molar-refractivity contribution in [1.82, 2.24) is 5.32 Å². The third-order valence-corrected chi connectivity index (χ3v) is 8.84. The first-order valence-corrected chi connectivity index (χ1v) is 21.4. The number of carbonyl (C=O) groups is 2. The zero-order valence-corrected chi connectivity index (χ0v) is 33.4. The molecule has 0 aliphatic carbocycles. The molecule has 2 unspecified atom stereocenters. The van der Waals surface area contributed by atoms with Crippen molar-refractivity contribution in [3.63, 3.8) is 0 Å². The van der Waals surface area contributed by atoms with Gasteiger partial charge in [0.2, 0.25) is 5.91 Å². The Morgan fingerprint density at radius 3 is 1.67 bits per heavy atom. The van der Waals surface area contributed by atoms with Crippen molar-refractivity contribution in [2.24, 2.45) is 0 Å². The summed E-state index contributed by atoms with van der Waals surface area (Å²) in [5.74, 6) is -0.554. The lowest BCUT2D eigenvalue weighted by molar-refractivity contribution is -0.147. The predicted octanol–water partition coefficient (Wildman–Crippen LogP) is 10.7. The Labute approximate surface area is 316 Å². The van der Waals surface area contributed by atoms with Crippen LogP contribution in [0.15, 0.2) is 72.9 Å². The fraction of sp³-hybridized carbons (Fsp3) is 0.667. The number of phosphoric acid groups is 1. The molecule has 0 aliphatic heterocycles. The van der Waals surface area contributed by atoms with E-state index in [1.54, 1.807) is 0 Å². The number of amides is 1. The Bertz CT molecular complexity index is 1080. The molecule has 0 saturated heterocycles. The van der Waals surface area contributed by atoms with Crippen LogP contribution in [-0.2, 0) is 27.9 Å². The molecule has 0 fully saturated rings. The maximum absolute atomic E-state index is 12.0. The van der Waals surface area contributed by atoms with Crippen molar-refractivity contribution in [2.45, 2.75) is 155 Å². The lowest BCUT2D eigenvalue weighted by Gasteiger charge is -2.15. The summed E-state index contributed by atoms with van der Waals surface area (Å²) in [4.78, 5) is 33.7. The molecule has 2 atom stereocenters. The third-order valence-electron chi connectivity index (χ3n) is 7.85. The zero-order valence-electron chi connectivity index (χ0n) is 32.5. The maximum atomic E-state index is 12.0. The van der Waals surface area contributed by atoms with Crippen LogP contribution in [0.2, 0.25) is 0 Å². The van der Waals surface area contributed by atoms with E-state index in [1.165, 1.54) is 12.8 Å². The number of carbonyl (C=O) groups excluding carboxylic acids is 2. The highest BCUT2D eigenvalue weighted by Crippen LogP contribution is 2.42. The van der Waals surface area contributed by atoms with E-state index in [0.717, 1.165) is 103 Å². The van der Waals surface area contributed by atoms with Crippen LogP contribution in [0.4, 0.5) is 0 Å². The number of hydrogen-bond donors (Lipinski definition) is 3. The van der Waals surface area contributed by atoms with Crippen molar-refractivity contribution in [2.75, 3.05) is 26.4 Å². The topological polar surface area (TPSA) is 131 Å². The molecule has 0 aromatic heterocycles. The lowest BCUT2D eigenvalue weighted by atomic mass is 10.1. The van der Waals surface area contributed by atoms with Gasteiger partial charge in [0.05, 0.1) is 13.2 Å². The average Bonchev–Trinajstić information content (AvgIpc) is 3.13. The number of hydrogen-bond acceptors (Lipinski definition) is 7. The fourth-order valence-corrected chi connectivity index (χ4v) is 5.63. The number of nitrogens with one attached hydrogen (secondary N) is 1. The highest BCUT2D eigenvalue weighted by Gasteiger charge is 2.23. The predicted molar refractivity (Wildman–Crippen MR) is 215 cm³/mol. The Balaban J connectivity index is 3.68. The second kappa shape index (κ2) is 38.2. The van der Waals surface area contributed by atoms with E-state index < -0.39 is 26.5 Å². The van der Waals surface area contributed by atoms with Gasteiger partial charge in [0.25, 0.3) is 0 Å². The third kappa shape index (κ3) is 38.7. The van der Waals surface area contributed by atoms with Gasteiger partial charge in [-0.15, -0.1) is 0 Å². The Morgan fingerprint density at radius 2 is 1.10 bits per heavy atom. The zero-order chi connectivity index (χ0) is 38.2. The second-order valence-corrected chi connectivity index (χ2v) is 14.3. The van der Waals surface area contributed by atoms with Crippen LogP contribution in [0.1, 0.15) is 149 Å². The molecule has 0 radical (unpaired) electrons. The van der Waals surface area contributed by atoms with Gasteiger partial charge >= 0.3 is 13.8 Å². The van der Waals surface area contributed by atoms with E-state index in [0.29, 0.717) is 12.8 Å². The van der Waals surface area contributed by atoms with Crippen LogP contribution < -0.4 is 5.32 Å². The number of aliphatic hydroxyl groups excluding tert-OH is 1. The van der Waals surface area contributed by atoms with Gasteiger partial charge in [-0.3, -0.25) is 18.6 Å². The average molecular weight is 750 g/mol. The summed E-state index contributed by atoms with van der Waals surface area (Å²) in [6, 6.07) is 0. The van der Waals surface area contributed by atoms with Crippen LogP contribution in [0, 0.1) is 0 Å². The summed E-state index contributed by atoms with van der Waals surface area (Å²) in [7, 11) is -4.42. The second-order valence-electron chi connectivity index (χ2n) is 12.9. The fourth-order valence-electron chi connectivity index (χ4n) is 4.88. The molecule has 1 amide bonds. The molecular weight excluding hydrogens is 677 g/mol. The molecule has 9 nitrogen and oxygen atoms in total. The minimum absolute atomic E-state index is 0.0707. The molecule has 0 saturated carbocycles. The molecule has 0 aliphatic rings. The van der Waals surface area contributed by atoms with Gasteiger partial charge in [-0.2, -0.15) is 0 Å². The number of unbranched alkanes of at least 4 members (excludes halogenated alkanes) is 11. The summed E-state index contributed by atoms with van der Waals surface area (Å²) in [5.41, 5.74) is 0. The molecule has 0 aromatic rings. The summed E-state index contributed by atoms with van der Waals surface area (Å²) in [6.45, 7) is 3.31. The molecule has 0 heterocycles. The molecule has 0 rings (SSSR count). The molecule has 298 valence electrons. The summed E-state index contributed by atoms with van der Waals surface area (Å²) >= 11 is 0. The summed E-state index contributed by atoms with van der Waals surface area (Å²) in [5, 5.41) is 12.6. The van der Waals surface area contributed by atoms with E-state index in [9.17, 15) is 24.2 Å². The first kappa shape index (κ1) is 49.5. The highest BCUT2D eigenvalue weighted by atomic mass is 31.2. The number of esters is 1. The van der Waals surface area contributed by atoms with Crippen molar-refractivity contribution >= 4 is 19.7 Å². The van der Waals surface area contributed by atoms with Gasteiger partial charge in [-0.25, -0.2) is 4.57 Å². The van der Waals surface area contributed by atoms with E-state index in [1.807, 2.05) is 0 Å². The number of rotatable bonds is 36. The summed E-state index contributed by atoms with van der Waals surface area (Å²) < 4.78 is 26.8. The van der Waals surface area contributed by atoms with Crippen LogP contribution in [0.3, 0.4) is 0 Å². The monoisotopic (exact) mass is 749 g/mol. The normalized spacial score (nSPS) is 14.2. The minimum Gasteiger partial charge on any atom is -0.463 e. The van der Waals surface area contributed by atoms with Gasteiger partial charge in [0.15, 0.2) is 0 Å². The Hall–Kier alpha value is -2.55. The van der Waals surface area contributed by atoms with Gasteiger partial charge in [0.1, 0.15) is 12.7 Å². The molecule has 0 aromatic carbocycles. The van der Waals surface area contributed by atoms with Crippen molar-refractivity contribution in [3.05, 3.63) is 72.9 Å². The van der Waals surface area contributed by atoms with E-state index in [4.69, 9.17) is 13.8 Å². The quantitative estimate of drug-likeness (QED) is 0.0250. The highest BCUT2D eigenvalue weighted by molar-refractivity contribution is 7.47. The Kier molecular flexibility index (Phi) is 36.3. The van der Waals surface area contributed by atoms with Crippen LogP contribution in [-0.4, -0.2) is 54.3 Å². The number of phosphoric ester groups is 1. The minimum atomic E-state index is -4.42. The lowest BCUT2D eigenvalue weighted by Crippen LogP contribution is -2.27. The van der Waals surface area contributed by atoms with Gasteiger partial charge in [0, 0.05) is 19.4 Å². The van der Waals surface area contributed by atoms with Crippen LogP contribution in [0.5, 0.6) is 0 Å². The molecule has 10 heteroatoms. The Morgan fingerprint density at radius 1 is 0.615 bits per heavy atom. The first-order valence-electron chi connectivity index (χ1n) is 19.9. The number of aliphatic hydroxyl groups is 1. The van der Waals surface area contributed by atoms with Gasteiger partial charge < -0.3 is 20.1 Å². The largest absolute Gasteiger partial charge is 0.472 e. The van der Waals surface area contributed by atoms with Crippen LogP contribution in [0.25, 0.3) is 0 Å². The molecule has 0 bridgehead atoms. The van der Waals surface area contributed by atoms with Crippen molar-refractivity contribution in [1.29, 1.82) is 0 Å². The van der Waals surface area contributed by atoms with Gasteiger partial charge in [-0.05, 0) is 77.0 Å². The van der Waals surface area contributed by atoms with E-state index in [-0.39, 0.29) is 32.1 Å². The molecule has 0 spiro atoms. The number of ether oxygens (including phenoxy) is 1. The van der Waals surface area contributed by atoms with Crippen molar-refractivity contribution < 1.29 is 37.9 Å². The molecule has 52 heavy (non-hydrogen) atoms. The first-order chi connectivity index (χ1) is 25.3. The summed E-state index contributed by atoms with van der Waals surface area (Å²) in [6.07, 6.45) is 45.5. The standard InChI is InChI=1S/C42H72NO8P/c1-3-5-7-9-11-13-15-16-17-18-19-20-21-22-23-24-25-27-29-31-33-35-42(46)49-38-40(44)39-51-52(47,48)50-37-36-43-41(45)34-32-30-28-26-14-12-10-8-6-4-2/h5,7-8,10-11,13,16-17,19-20,22-23,40,44H,3-4,6,9,12,14-15,18,21,24-39H2,1-2H3,(H,43,45)(H,47,48)/b7-5-,10-8-,13-11-,17-16-,20-19-,23-22-.